The summed E-state index contributed by atoms with van der Waals surface area (Å²) in [4.78, 5) is 11.6. The van der Waals surface area contributed by atoms with Gasteiger partial charge in [-0.05, 0) is 31.5 Å². The number of aromatic nitrogens is 4. The fourth-order valence-corrected chi connectivity index (χ4v) is 4.49. The Bertz CT molecular complexity index is 781. The maximum absolute atomic E-state index is 12.7. The Labute approximate surface area is 144 Å². The third-order valence-electron chi connectivity index (χ3n) is 4.55. The van der Waals surface area contributed by atoms with Gasteiger partial charge >= 0.3 is 0 Å². The summed E-state index contributed by atoms with van der Waals surface area (Å²) in [5, 5.41) is 5.30. The highest BCUT2D eigenvalue weighted by atomic mass is 32.1. The molecule has 0 saturated carbocycles. The van der Waals surface area contributed by atoms with Gasteiger partial charge in [0.25, 0.3) is 0 Å². The van der Waals surface area contributed by atoms with Gasteiger partial charge in [0.15, 0.2) is 0 Å². The molecule has 0 unspecified atom stereocenters. The third-order valence-corrected chi connectivity index (χ3v) is 5.68. The number of thiazole rings is 1. The number of halogens is 1. The Morgan fingerprint density at radius 3 is 3.04 bits per heavy atom. The van der Waals surface area contributed by atoms with E-state index in [-0.39, 0.29) is 6.54 Å². The lowest BCUT2D eigenvalue weighted by Gasteiger charge is -2.34. The Hall–Kier alpha value is -1.86. The van der Waals surface area contributed by atoms with E-state index in [1.54, 1.807) is 16.0 Å². The van der Waals surface area contributed by atoms with Crippen molar-refractivity contribution in [1.82, 2.24) is 24.6 Å². The molecule has 2 aromatic heterocycles. The minimum Gasteiger partial charge on any atom is -0.287 e. The zero-order valence-electron chi connectivity index (χ0n) is 13.4. The third kappa shape index (κ3) is 3.06. The Morgan fingerprint density at radius 2 is 2.17 bits per heavy atom. The molecule has 0 N–H and O–H groups in total. The van der Waals surface area contributed by atoms with Gasteiger partial charge in [-0.1, -0.05) is 18.6 Å². The average molecular weight is 345 g/mol. The van der Waals surface area contributed by atoms with Crippen molar-refractivity contribution in [3.05, 3.63) is 41.4 Å². The number of aryl methyl sites for hydroxylation is 1. The molecule has 0 aliphatic carbocycles. The standard InChI is InChI=1S/C17H20FN5S/c18-8-10-23-16(19-12-20-23)11-22-9-4-3-6-14(22)17-21-13-5-1-2-7-15(13)24-17/h1-2,5,7,12,14H,3-4,6,8-11H2/t14-/m0/s1. The summed E-state index contributed by atoms with van der Waals surface area (Å²) in [5.74, 6) is 0.834. The van der Waals surface area contributed by atoms with Crippen LogP contribution in [0.4, 0.5) is 4.39 Å². The number of benzene rings is 1. The van der Waals surface area contributed by atoms with Gasteiger partial charge in [-0.25, -0.2) is 19.0 Å². The fourth-order valence-electron chi connectivity index (χ4n) is 3.35. The monoisotopic (exact) mass is 345 g/mol. The molecule has 1 aliphatic rings. The summed E-state index contributed by atoms with van der Waals surface area (Å²) in [5.41, 5.74) is 1.07. The number of piperidine rings is 1. The lowest BCUT2D eigenvalue weighted by atomic mass is 10.0. The zero-order chi connectivity index (χ0) is 16.4. The molecule has 3 heterocycles. The van der Waals surface area contributed by atoms with Crippen molar-refractivity contribution in [3.8, 4) is 0 Å². The van der Waals surface area contributed by atoms with Crippen LogP contribution >= 0.6 is 11.3 Å². The maximum atomic E-state index is 12.7. The van der Waals surface area contributed by atoms with Crippen molar-refractivity contribution in [2.24, 2.45) is 0 Å². The molecule has 0 radical (unpaired) electrons. The molecule has 0 amide bonds. The zero-order valence-corrected chi connectivity index (χ0v) is 14.3. The van der Waals surface area contributed by atoms with Crippen LogP contribution in [0.15, 0.2) is 30.6 Å². The second-order valence-corrected chi connectivity index (χ2v) is 7.15. The van der Waals surface area contributed by atoms with Crippen LogP contribution in [0.2, 0.25) is 0 Å². The van der Waals surface area contributed by atoms with Gasteiger partial charge < -0.3 is 0 Å². The summed E-state index contributed by atoms with van der Waals surface area (Å²) >= 11 is 1.78. The van der Waals surface area contributed by atoms with Gasteiger partial charge in [0.05, 0.1) is 29.3 Å². The van der Waals surface area contributed by atoms with E-state index >= 15 is 0 Å². The number of hydrogen-bond acceptors (Lipinski definition) is 5. The molecule has 7 heteroatoms. The van der Waals surface area contributed by atoms with Crippen LogP contribution in [-0.4, -0.2) is 37.9 Å². The Morgan fingerprint density at radius 1 is 1.25 bits per heavy atom. The molecule has 1 atom stereocenters. The Kier molecular flexibility index (Phi) is 4.53. The summed E-state index contributed by atoms with van der Waals surface area (Å²) in [6.45, 7) is 1.57. The summed E-state index contributed by atoms with van der Waals surface area (Å²) < 4.78 is 15.6. The Balaban J connectivity index is 1.59. The van der Waals surface area contributed by atoms with E-state index in [9.17, 15) is 4.39 Å². The number of nitrogens with zero attached hydrogens (tertiary/aromatic N) is 5. The van der Waals surface area contributed by atoms with E-state index in [4.69, 9.17) is 4.98 Å². The highest BCUT2D eigenvalue weighted by molar-refractivity contribution is 7.18. The highest BCUT2D eigenvalue weighted by Crippen LogP contribution is 2.36. The number of para-hydroxylation sites is 1. The minimum absolute atomic E-state index is 0.273. The molecule has 0 bridgehead atoms. The average Bonchev–Trinajstić information content (AvgIpc) is 3.22. The molecule has 126 valence electrons. The lowest BCUT2D eigenvalue weighted by molar-refractivity contribution is 0.134. The first-order valence-electron chi connectivity index (χ1n) is 8.37. The molecule has 24 heavy (non-hydrogen) atoms. The van der Waals surface area contributed by atoms with Crippen molar-refractivity contribution >= 4 is 21.6 Å². The molecule has 3 aromatic rings. The first-order valence-corrected chi connectivity index (χ1v) is 9.19. The molecular weight excluding hydrogens is 325 g/mol. The van der Waals surface area contributed by atoms with Gasteiger partial charge in [0, 0.05) is 0 Å². The van der Waals surface area contributed by atoms with E-state index in [0.29, 0.717) is 12.6 Å². The smallest absolute Gasteiger partial charge is 0.141 e. The van der Waals surface area contributed by atoms with E-state index in [2.05, 4.69) is 33.2 Å². The normalized spacial score (nSPS) is 19.1. The molecular formula is C17H20FN5S. The highest BCUT2D eigenvalue weighted by Gasteiger charge is 2.27. The summed E-state index contributed by atoms with van der Waals surface area (Å²) in [6, 6.07) is 8.60. The topological polar surface area (TPSA) is 46.8 Å². The molecule has 1 fully saturated rings. The van der Waals surface area contributed by atoms with Gasteiger partial charge in [-0.2, -0.15) is 5.10 Å². The van der Waals surface area contributed by atoms with Crippen molar-refractivity contribution < 1.29 is 4.39 Å². The predicted octanol–water partition coefficient (Wildman–Crippen LogP) is 3.58. The van der Waals surface area contributed by atoms with E-state index in [1.165, 1.54) is 28.9 Å². The van der Waals surface area contributed by atoms with Crippen LogP contribution in [0.3, 0.4) is 0 Å². The summed E-state index contributed by atoms with van der Waals surface area (Å²) in [7, 11) is 0. The molecule has 1 saturated heterocycles. The van der Waals surface area contributed by atoms with Gasteiger partial charge in [0.1, 0.15) is 23.8 Å². The SMILES string of the molecule is FCCn1ncnc1CN1CCCC[C@H]1c1nc2ccccc2s1. The van der Waals surface area contributed by atoms with Crippen molar-refractivity contribution in [1.29, 1.82) is 0 Å². The molecule has 1 aromatic carbocycles. The maximum Gasteiger partial charge on any atom is 0.141 e. The van der Waals surface area contributed by atoms with Crippen molar-refractivity contribution in [3.63, 3.8) is 0 Å². The van der Waals surface area contributed by atoms with E-state index in [0.717, 1.165) is 24.3 Å². The van der Waals surface area contributed by atoms with Crippen molar-refractivity contribution in [2.75, 3.05) is 13.2 Å². The molecule has 1 aliphatic heterocycles. The number of likely N-dealkylation sites (tertiary alicyclic amines) is 1. The van der Waals surface area contributed by atoms with Crippen LogP contribution in [0, 0.1) is 0 Å². The number of alkyl halides is 1. The predicted molar refractivity (Wildman–Crippen MR) is 92.6 cm³/mol. The van der Waals surface area contributed by atoms with Crippen LogP contribution in [0.5, 0.6) is 0 Å². The number of fused-ring (bicyclic) bond motifs is 1. The minimum atomic E-state index is -0.419. The number of rotatable bonds is 5. The van der Waals surface area contributed by atoms with Crippen LogP contribution < -0.4 is 0 Å². The molecule has 0 spiro atoms. The molecule has 4 rings (SSSR count). The van der Waals surface area contributed by atoms with Crippen molar-refractivity contribution in [2.45, 2.75) is 38.4 Å². The van der Waals surface area contributed by atoms with E-state index in [1.807, 2.05) is 6.07 Å². The van der Waals surface area contributed by atoms with Crippen LogP contribution in [-0.2, 0) is 13.1 Å². The first kappa shape index (κ1) is 15.7. The second kappa shape index (κ2) is 6.94. The van der Waals surface area contributed by atoms with Gasteiger partial charge in [0.2, 0.25) is 0 Å². The lowest BCUT2D eigenvalue weighted by Crippen LogP contribution is -2.34. The quantitative estimate of drug-likeness (QED) is 0.709. The van der Waals surface area contributed by atoms with Crippen LogP contribution in [0.25, 0.3) is 10.2 Å². The second-order valence-electron chi connectivity index (χ2n) is 6.09. The largest absolute Gasteiger partial charge is 0.287 e. The first-order chi connectivity index (χ1) is 11.8. The summed E-state index contributed by atoms with van der Waals surface area (Å²) in [6.07, 6.45) is 5.02. The number of hydrogen-bond donors (Lipinski definition) is 0. The molecule has 5 nitrogen and oxygen atoms in total. The van der Waals surface area contributed by atoms with Gasteiger partial charge in [-0.15, -0.1) is 11.3 Å². The van der Waals surface area contributed by atoms with Crippen LogP contribution in [0.1, 0.15) is 36.1 Å². The van der Waals surface area contributed by atoms with Gasteiger partial charge in [-0.3, -0.25) is 4.90 Å². The fraction of sp³-hybridized carbons (Fsp3) is 0.471. The van der Waals surface area contributed by atoms with E-state index < -0.39 is 6.67 Å².